The van der Waals surface area contributed by atoms with Gasteiger partial charge in [0.05, 0.1) is 52.5 Å². The maximum absolute atomic E-state index is 14.0. The van der Waals surface area contributed by atoms with Gasteiger partial charge in [-0.2, -0.15) is 5.26 Å². The lowest BCUT2D eigenvalue weighted by atomic mass is 9.84. The number of aromatic carboxylic acids is 1. The highest BCUT2D eigenvalue weighted by atomic mass is 35.5. The Morgan fingerprint density at radius 1 is 1.16 bits per heavy atom. The Hall–Kier alpha value is -4.95. The van der Waals surface area contributed by atoms with Crippen LogP contribution in [0.5, 0.6) is 0 Å². The van der Waals surface area contributed by atoms with E-state index >= 15 is 0 Å². The first-order chi connectivity index (χ1) is 23.4. The molecule has 0 saturated carbocycles. The second kappa shape index (κ2) is 12.2. The number of fused-ring (bicyclic) bond motifs is 2. The van der Waals surface area contributed by atoms with E-state index in [-0.39, 0.29) is 41.7 Å². The number of carboxylic acid groups (broad SMARTS) is 1. The summed E-state index contributed by atoms with van der Waals surface area (Å²) in [6, 6.07) is 9.18. The highest BCUT2D eigenvalue weighted by Crippen LogP contribution is 2.40. The molecule has 10 nitrogen and oxygen atoms in total. The Morgan fingerprint density at radius 3 is 2.61 bits per heavy atom. The van der Waals surface area contributed by atoms with E-state index < -0.39 is 17.5 Å². The summed E-state index contributed by atoms with van der Waals surface area (Å²) in [5.74, 6) is 3.28. The van der Waals surface area contributed by atoms with Crippen LogP contribution in [0, 0.1) is 30.1 Å². The number of nitriles is 1. The number of hydrogen-bond acceptors (Lipinski definition) is 9. The summed E-state index contributed by atoms with van der Waals surface area (Å²) in [6.45, 7) is 4.17. The molecule has 0 bridgehead atoms. The zero-order valence-electron chi connectivity index (χ0n) is 26.4. The lowest BCUT2D eigenvalue weighted by Gasteiger charge is -2.53. The Bertz CT molecular complexity index is 2340. The van der Waals surface area contributed by atoms with Gasteiger partial charge in [0, 0.05) is 51.9 Å². The summed E-state index contributed by atoms with van der Waals surface area (Å²) in [4.78, 5) is 42.8. The van der Waals surface area contributed by atoms with Crippen molar-refractivity contribution in [2.75, 3.05) is 31.1 Å². The van der Waals surface area contributed by atoms with Crippen LogP contribution in [0.1, 0.15) is 47.1 Å². The van der Waals surface area contributed by atoms with Gasteiger partial charge in [0.1, 0.15) is 23.3 Å². The number of nitrogens with zero attached hydrogens (tertiary/aromatic N) is 7. The standard InChI is InChI=1S/C35H28ClF2N7O3S/c1-20-42-27-16-41-31(43-12-8-34(2,9-13-43)44-18-35(37,38)19-44)25(15-39)28(27)32(46)45(20)11-3-4-21-5-6-22(36)14-24(21)23-7-10-40-29-26(33(47)48)17-49-30(23)29/h5-7,10,14,16-17H,8-9,11-13,18-19H2,1-2H3,(H,47,48). The molecule has 4 aromatic heterocycles. The van der Waals surface area contributed by atoms with E-state index in [9.17, 15) is 28.7 Å². The Morgan fingerprint density at radius 2 is 1.92 bits per heavy atom. The van der Waals surface area contributed by atoms with E-state index in [0.717, 1.165) is 5.56 Å². The van der Waals surface area contributed by atoms with Gasteiger partial charge in [-0.05, 0) is 51.0 Å². The van der Waals surface area contributed by atoms with Crippen LogP contribution in [-0.4, -0.2) is 73.1 Å². The highest BCUT2D eigenvalue weighted by molar-refractivity contribution is 7.18. The summed E-state index contributed by atoms with van der Waals surface area (Å²) in [7, 11) is 0. The predicted octanol–water partition coefficient (Wildman–Crippen LogP) is 5.96. The van der Waals surface area contributed by atoms with Gasteiger partial charge in [0.15, 0.2) is 0 Å². The number of anilines is 1. The van der Waals surface area contributed by atoms with Crippen molar-refractivity contribution in [1.82, 2.24) is 24.4 Å². The lowest BCUT2D eigenvalue weighted by molar-refractivity contribution is -0.170. The monoisotopic (exact) mass is 699 g/mol. The van der Waals surface area contributed by atoms with Crippen LogP contribution in [-0.2, 0) is 6.54 Å². The number of alkyl halides is 2. The fourth-order valence-corrected chi connectivity index (χ4v) is 7.81. The fraction of sp³-hybridized carbons (Fsp3) is 0.314. The van der Waals surface area contributed by atoms with E-state index in [1.807, 2.05) is 16.7 Å². The second-order valence-corrected chi connectivity index (χ2v) is 13.9. The summed E-state index contributed by atoms with van der Waals surface area (Å²) in [5.41, 5.74) is 2.15. The molecule has 2 aliphatic heterocycles. The molecule has 0 radical (unpaired) electrons. The normalized spacial score (nSPS) is 16.9. The molecule has 248 valence electrons. The van der Waals surface area contributed by atoms with Crippen molar-refractivity contribution >= 4 is 55.8 Å². The third kappa shape index (κ3) is 5.78. The zero-order chi connectivity index (χ0) is 34.7. The van der Waals surface area contributed by atoms with Crippen LogP contribution in [0.2, 0.25) is 5.02 Å². The molecule has 0 amide bonds. The topological polar surface area (TPSA) is 128 Å². The minimum Gasteiger partial charge on any atom is -0.478 e. The van der Waals surface area contributed by atoms with Crippen LogP contribution >= 0.6 is 22.9 Å². The van der Waals surface area contributed by atoms with E-state index in [1.54, 1.807) is 42.8 Å². The van der Waals surface area contributed by atoms with Gasteiger partial charge in [-0.15, -0.1) is 11.3 Å². The van der Waals surface area contributed by atoms with Gasteiger partial charge >= 0.3 is 5.97 Å². The van der Waals surface area contributed by atoms with Crippen molar-refractivity contribution < 1.29 is 18.7 Å². The molecule has 2 fully saturated rings. The molecule has 0 aliphatic carbocycles. The van der Waals surface area contributed by atoms with Crippen molar-refractivity contribution in [1.29, 1.82) is 5.26 Å². The number of likely N-dealkylation sites (tertiary alicyclic amines) is 1. The number of aryl methyl sites for hydroxylation is 1. The van der Waals surface area contributed by atoms with Crippen molar-refractivity contribution in [3.8, 4) is 29.0 Å². The molecule has 5 aromatic rings. The van der Waals surface area contributed by atoms with Crippen molar-refractivity contribution in [3.05, 3.63) is 79.9 Å². The van der Waals surface area contributed by atoms with E-state index in [0.29, 0.717) is 69.5 Å². The van der Waals surface area contributed by atoms with Crippen LogP contribution in [0.4, 0.5) is 14.6 Å². The summed E-state index contributed by atoms with van der Waals surface area (Å²) in [5, 5.41) is 22.0. The molecular formula is C35H28ClF2N7O3S. The number of piperidine rings is 1. The third-order valence-electron chi connectivity index (χ3n) is 9.45. The Kier molecular flexibility index (Phi) is 8.10. The molecule has 1 N–H and O–H groups in total. The molecule has 2 saturated heterocycles. The highest BCUT2D eigenvalue weighted by Gasteiger charge is 2.51. The first-order valence-electron chi connectivity index (χ1n) is 15.5. The SMILES string of the molecule is Cc1nc2cnc(N3CCC(C)(N4CC(F)(F)C4)CC3)c(C#N)c2c(=O)n1CC#Cc1ccc(Cl)cc1-c1ccnc2c(C(=O)O)csc12. The number of halogens is 3. The number of rotatable bonds is 5. The number of carboxylic acids is 1. The van der Waals surface area contributed by atoms with Gasteiger partial charge in [0.25, 0.3) is 11.5 Å². The van der Waals surface area contributed by atoms with Crippen LogP contribution in [0.25, 0.3) is 32.2 Å². The molecule has 0 spiro atoms. The van der Waals surface area contributed by atoms with Crippen LogP contribution in [0.3, 0.4) is 0 Å². The van der Waals surface area contributed by atoms with Crippen LogP contribution in [0.15, 0.2) is 46.8 Å². The molecule has 49 heavy (non-hydrogen) atoms. The molecule has 2 aliphatic rings. The largest absolute Gasteiger partial charge is 0.478 e. The maximum Gasteiger partial charge on any atom is 0.338 e. The minimum absolute atomic E-state index is 0.0192. The molecular weight excluding hydrogens is 672 g/mol. The average molecular weight is 700 g/mol. The van der Waals surface area contributed by atoms with Crippen molar-refractivity contribution in [3.63, 3.8) is 0 Å². The third-order valence-corrected chi connectivity index (χ3v) is 10.7. The molecule has 6 heterocycles. The Balaban J connectivity index is 1.20. The number of carbonyl (C=O) groups is 1. The zero-order valence-corrected chi connectivity index (χ0v) is 28.0. The van der Waals surface area contributed by atoms with Crippen molar-refractivity contribution in [2.45, 2.75) is 44.7 Å². The maximum atomic E-state index is 14.0. The van der Waals surface area contributed by atoms with Gasteiger partial charge in [-0.3, -0.25) is 19.2 Å². The average Bonchev–Trinajstić information content (AvgIpc) is 3.51. The number of benzene rings is 1. The summed E-state index contributed by atoms with van der Waals surface area (Å²) >= 11 is 7.64. The second-order valence-electron chi connectivity index (χ2n) is 12.6. The van der Waals surface area contributed by atoms with Gasteiger partial charge in [0.2, 0.25) is 0 Å². The van der Waals surface area contributed by atoms with Crippen LogP contribution < -0.4 is 10.5 Å². The molecule has 0 atom stereocenters. The summed E-state index contributed by atoms with van der Waals surface area (Å²) in [6.07, 6.45) is 4.27. The predicted molar refractivity (Wildman–Crippen MR) is 184 cm³/mol. The molecule has 0 unspecified atom stereocenters. The van der Waals surface area contributed by atoms with E-state index in [4.69, 9.17) is 11.6 Å². The smallest absolute Gasteiger partial charge is 0.338 e. The van der Waals surface area contributed by atoms with E-state index in [2.05, 4.69) is 32.9 Å². The molecule has 14 heteroatoms. The van der Waals surface area contributed by atoms with Gasteiger partial charge in [-0.25, -0.2) is 23.5 Å². The fourth-order valence-electron chi connectivity index (χ4n) is 6.61. The Labute approximate surface area is 288 Å². The van der Waals surface area contributed by atoms with Crippen molar-refractivity contribution in [2.24, 2.45) is 0 Å². The number of thiophene rings is 1. The van der Waals surface area contributed by atoms with E-state index in [1.165, 1.54) is 22.1 Å². The lowest BCUT2D eigenvalue weighted by Crippen LogP contribution is -2.66. The quantitative estimate of drug-likeness (QED) is 0.221. The number of pyridine rings is 2. The molecule has 7 rings (SSSR count). The number of aromatic nitrogens is 4. The summed E-state index contributed by atoms with van der Waals surface area (Å²) < 4.78 is 29.2. The minimum atomic E-state index is -2.65. The first-order valence-corrected chi connectivity index (χ1v) is 16.7. The van der Waals surface area contributed by atoms with Gasteiger partial charge < -0.3 is 10.0 Å². The number of hydrogen-bond donors (Lipinski definition) is 1. The molecule has 1 aromatic carbocycles. The van der Waals surface area contributed by atoms with Gasteiger partial charge in [-0.1, -0.05) is 23.4 Å². The first kappa shape index (κ1) is 32.6.